The van der Waals surface area contributed by atoms with E-state index in [9.17, 15) is 18.0 Å². The number of halogens is 3. The number of hydrogen-bond acceptors (Lipinski definition) is 4. The van der Waals surface area contributed by atoms with Gasteiger partial charge in [0.05, 0.1) is 18.4 Å². The van der Waals surface area contributed by atoms with Crippen LogP contribution in [0.4, 0.5) is 13.2 Å². The molecule has 178 valence electrons. The van der Waals surface area contributed by atoms with Gasteiger partial charge in [-0.05, 0) is 43.4 Å². The lowest BCUT2D eigenvalue weighted by Crippen LogP contribution is -2.48. The fraction of sp³-hybridized carbons (Fsp3) is 0.458. The smallest absolute Gasteiger partial charge is 0.475 e. The number of piperidine rings is 1. The van der Waals surface area contributed by atoms with Crippen molar-refractivity contribution in [2.45, 2.75) is 44.6 Å². The van der Waals surface area contributed by atoms with Crippen molar-refractivity contribution >= 4 is 11.9 Å². The van der Waals surface area contributed by atoms with Crippen LogP contribution in [-0.2, 0) is 27.4 Å². The molecule has 2 aromatic rings. The van der Waals surface area contributed by atoms with Gasteiger partial charge < -0.3 is 14.7 Å². The molecule has 0 radical (unpaired) electrons. The maximum Gasteiger partial charge on any atom is 0.490 e. The molecule has 2 aliphatic rings. The molecule has 1 saturated heterocycles. The summed E-state index contributed by atoms with van der Waals surface area (Å²) in [5.41, 5.74) is 2.27. The van der Waals surface area contributed by atoms with Crippen LogP contribution in [0.15, 0.2) is 54.7 Å². The Balaban J connectivity index is 0.000000383. The maximum absolute atomic E-state index is 12.5. The first-order valence-corrected chi connectivity index (χ1v) is 10.9. The lowest BCUT2D eigenvalue weighted by atomic mass is 9.88. The zero-order chi connectivity index (χ0) is 23.8. The van der Waals surface area contributed by atoms with Gasteiger partial charge in [-0.1, -0.05) is 36.4 Å². The molecule has 1 aliphatic heterocycles. The summed E-state index contributed by atoms with van der Waals surface area (Å²) in [5.74, 6) is -1.78. The highest BCUT2D eigenvalue weighted by Gasteiger charge is 2.39. The third-order valence-electron chi connectivity index (χ3n) is 5.66. The zero-order valence-corrected chi connectivity index (χ0v) is 18.1. The van der Waals surface area contributed by atoms with Gasteiger partial charge >= 0.3 is 12.1 Å². The number of pyridine rings is 1. The monoisotopic (exact) mass is 464 g/mol. The average molecular weight is 464 g/mol. The van der Waals surface area contributed by atoms with Gasteiger partial charge in [0.2, 0.25) is 5.91 Å². The van der Waals surface area contributed by atoms with Gasteiger partial charge in [0.15, 0.2) is 0 Å². The third kappa shape index (κ3) is 7.85. The molecule has 4 rings (SSSR count). The SMILES string of the molecule is O=C(C1CC1)N1CC[C@H](OCc2ccccn2)[C@@H](Cc2ccccc2)C1.O=C(O)C(F)(F)F. The van der Waals surface area contributed by atoms with Crippen LogP contribution in [0.25, 0.3) is 0 Å². The first-order valence-electron chi connectivity index (χ1n) is 10.9. The van der Waals surface area contributed by atoms with Gasteiger partial charge in [-0.25, -0.2) is 4.79 Å². The Morgan fingerprint density at radius 1 is 1.06 bits per heavy atom. The van der Waals surface area contributed by atoms with Crippen LogP contribution in [0.5, 0.6) is 0 Å². The molecule has 0 unspecified atom stereocenters. The van der Waals surface area contributed by atoms with E-state index in [4.69, 9.17) is 14.6 Å². The maximum atomic E-state index is 12.5. The highest BCUT2D eigenvalue weighted by atomic mass is 19.4. The molecule has 1 saturated carbocycles. The first-order chi connectivity index (χ1) is 15.7. The van der Waals surface area contributed by atoms with Crippen molar-refractivity contribution < 1.29 is 32.6 Å². The van der Waals surface area contributed by atoms with Crippen molar-refractivity contribution in [2.75, 3.05) is 13.1 Å². The minimum atomic E-state index is -5.08. The second-order valence-corrected chi connectivity index (χ2v) is 8.27. The number of carbonyl (C=O) groups excluding carboxylic acids is 1. The molecule has 2 fully saturated rings. The third-order valence-corrected chi connectivity index (χ3v) is 5.66. The predicted octanol–water partition coefficient (Wildman–Crippen LogP) is 4.10. The average Bonchev–Trinajstić information content (AvgIpc) is 3.64. The summed E-state index contributed by atoms with van der Waals surface area (Å²) in [6, 6.07) is 16.4. The molecule has 1 N–H and O–H groups in total. The Morgan fingerprint density at radius 2 is 1.73 bits per heavy atom. The van der Waals surface area contributed by atoms with E-state index in [2.05, 4.69) is 34.1 Å². The van der Waals surface area contributed by atoms with Crippen LogP contribution in [0, 0.1) is 11.8 Å². The van der Waals surface area contributed by atoms with Crippen molar-refractivity contribution in [1.82, 2.24) is 9.88 Å². The minimum Gasteiger partial charge on any atom is -0.475 e. The highest BCUT2D eigenvalue weighted by molar-refractivity contribution is 5.81. The van der Waals surface area contributed by atoms with Crippen molar-refractivity contribution in [3.05, 3.63) is 66.0 Å². The van der Waals surface area contributed by atoms with Crippen LogP contribution in [0.2, 0.25) is 0 Å². The molecule has 2 heterocycles. The number of nitrogens with zero attached hydrogens (tertiary/aromatic N) is 2. The summed E-state index contributed by atoms with van der Waals surface area (Å²) in [4.78, 5) is 27.8. The van der Waals surface area contributed by atoms with E-state index in [1.165, 1.54) is 5.56 Å². The van der Waals surface area contributed by atoms with Crippen LogP contribution in [-0.4, -0.2) is 52.2 Å². The molecular formula is C24H27F3N2O4. The number of hydrogen-bond donors (Lipinski definition) is 1. The number of amides is 1. The predicted molar refractivity (Wildman–Crippen MR) is 114 cm³/mol. The fourth-order valence-electron chi connectivity index (χ4n) is 3.81. The normalized spacial score (nSPS) is 20.5. The molecule has 6 nitrogen and oxygen atoms in total. The van der Waals surface area contributed by atoms with Gasteiger partial charge in [0.1, 0.15) is 0 Å². The number of aliphatic carboxylic acids is 1. The van der Waals surface area contributed by atoms with E-state index in [0.29, 0.717) is 24.3 Å². The van der Waals surface area contributed by atoms with Crippen molar-refractivity contribution in [3.63, 3.8) is 0 Å². The van der Waals surface area contributed by atoms with Gasteiger partial charge in [0, 0.05) is 31.1 Å². The summed E-state index contributed by atoms with van der Waals surface area (Å²) < 4.78 is 38.0. The quantitative estimate of drug-likeness (QED) is 0.696. The molecular weight excluding hydrogens is 437 g/mol. The minimum absolute atomic E-state index is 0.167. The van der Waals surface area contributed by atoms with Crippen molar-refractivity contribution in [2.24, 2.45) is 11.8 Å². The van der Waals surface area contributed by atoms with Gasteiger partial charge in [-0.3, -0.25) is 9.78 Å². The first kappa shape index (κ1) is 24.7. The number of carboxylic acid groups (broad SMARTS) is 1. The second-order valence-electron chi connectivity index (χ2n) is 8.27. The Morgan fingerprint density at radius 3 is 2.30 bits per heavy atom. The Hall–Kier alpha value is -2.94. The standard InChI is InChI=1S/C22H26N2O2.C2HF3O2/c25-22(18-9-10-18)24-13-11-21(26-16-20-8-4-5-12-23-20)19(15-24)14-17-6-2-1-3-7-17;3-2(4,5)1(6)7/h1-8,12,18-19,21H,9-11,13-16H2;(H,6,7)/t19-,21-;/m0./s1. The molecule has 0 spiro atoms. The number of aromatic nitrogens is 1. The largest absolute Gasteiger partial charge is 0.490 e. The molecule has 1 amide bonds. The zero-order valence-electron chi connectivity index (χ0n) is 18.1. The molecule has 33 heavy (non-hydrogen) atoms. The number of likely N-dealkylation sites (tertiary alicyclic amines) is 1. The van der Waals surface area contributed by atoms with E-state index < -0.39 is 12.1 Å². The Labute approximate surface area is 190 Å². The lowest BCUT2D eigenvalue weighted by Gasteiger charge is -2.38. The van der Waals surface area contributed by atoms with Crippen LogP contribution in [0.3, 0.4) is 0 Å². The summed E-state index contributed by atoms with van der Waals surface area (Å²) in [7, 11) is 0. The Kier molecular flexibility index (Phi) is 8.43. The highest BCUT2D eigenvalue weighted by Crippen LogP contribution is 2.33. The number of carbonyl (C=O) groups is 2. The van der Waals surface area contributed by atoms with E-state index in [0.717, 1.165) is 44.5 Å². The summed E-state index contributed by atoms with van der Waals surface area (Å²) >= 11 is 0. The summed E-state index contributed by atoms with van der Waals surface area (Å²) in [5, 5.41) is 7.12. The number of benzene rings is 1. The van der Waals surface area contributed by atoms with Crippen LogP contribution < -0.4 is 0 Å². The number of alkyl halides is 3. The van der Waals surface area contributed by atoms with E-state index >= 15 is 0 Å². The number of rotatable bonds is 6. The molecule has 0 bridgehead atoms. The van der Waals surface area contributed by atoms with Gasteiger partial charge in [0.25, 0.3) is 0 Å². The molecule has 9 heteroatoms. The molecule has 1 aliphatic carbocycles. The summed E-state index contributed by atoms with van der Waals surface area (Å²) in [6.45, 7) is 2.15. The molecule has 1 aromatic heterocycles. The van der Waals surface area contributed by atoms with Crippen molar-refractivity contribution in [3.8, 4) is 0 Å². The lowest BCUT2D eigenvalue weighted by molar-refractivity contribution is -0.192. The molecule has 2 atom stereocenters. The van der Waals surface area contributed by atoms with E-state index in [1.807, 2.05) is 24.3 Å². The number of ether oxygens (including phenoxy) is 1. The van der Waals surface area contributed by atoms with Crippen LogP contribution >= 0.6 is 0 Å². The topological polar surface area (TPSA) is 79.7 Å². The van der Waals surface area contributed by atoms with E-state index in [-0.39, 0.29) is 6.10 Å². The number of carboxylic acids is 1. The van der Waals surface area contributed by atoms with Crippen molar-refractivity contribution in [1.29, 1.82) is 0 Å². The van der Waals surface area contributed by atoms with Gasteiger partial charge in [-0.2, -0.15) is 13.2 Å². The fourth-order valence-corrected chi connectivity index (χ4v) is 3.81. The molecule has 1 aromatic carbocycles. The van der Waals surface area contributed by atoms with E-state index in [1.54, 1.807) is 6.20 Å². The Bertz CT molecular complexity index is 905. The van der Waals surface area contributed by atoms with Gasteiger partial charge in [-0.15, -0.1) is 0 Å². The van der Waals surface area contributed by atoms with Crippen LogP contribution in [0.1, 0.15) is 30.5 Å². The second kappa shape index (κ2) is 11.3. The summed E-state index contributed by atoms with van der Waals surface area (Å²) in [6.07, 6.45) is 0.874.